The van der Waals surface area contributed by atoms with E-state index in [1.807, 2.05) is 0 Å². The summed E-state index contributed by atoms with van der Waals surface area (Å²) in [6, 6.07) is 0.837. The van der Waals surface area contributed by atoms with Crippen LogP contribution in [0.5, 0.6) is 0 Å². The van der Waals surface area contributed by atoms with Crippen LogP contribution >= 0.6 is 11.6 Å². The third-order valence-electron chi connectivity index (χ3n) is 1.74. The Bertz CT molecular complexity index is 310. The van der Waals surface area contributed by atoms with Crippen LogP contribution in [0.4, 0.5) is 13.2 Å². The highest BCUT2D eigenvalue weighted by Gasteiger charge is 2.33. The van der Waals surface area contributed by atoms with Crippen molar-refractivity contribution < 1.29 is 13.2 Å². The average Bonchev–Trinajstić information content (AvgIpc) is 1.97. The maximum Gasteiger partial charge on any atom is 0.433 e. The van der Waals surface area contributed by atoms with Crippen LogP contribution in [0.3, 0.4) is 0 Å². The van der Waals surface area contributed by atoms with Gasteiger partial charge in [-0.25, -0.2) is 4.98 Å². The van der Waals surface area contributed by atoms with E-state index >= 15 is 0 Å². The van der Waals surface area contributed by atoms with Gasteiger partial charge in [0.15, 0.2) is 0 Å². The first kappa shape index (κ1) is 10.3. The largest absolute Gasteiger partial charge is 0.433 e. The molecule has 5 heteroatoms. The normalized spacial score (nSPS) is 11.8. The van der Waals surface area contributed by atoms with Gasteiger partial charge in [0.1, 0.15) is 5.69 Å². The van der Waals surface area contributed by atoms with Crippen molar-refractivity contribution in [3.63, 3.8) is 0 Å². The molecule has 0 atom stereocenters. The monoisotopic (exact) mass is 209 g/mol. The second-order valence-corrected chi connectivity index (χ2v) is 3.10. The van der Waals surface area contributed by atoms with Crippen molar-refractivity contribution in [3.8, 4) is 0 Å². The molecule has 72 valence electrons. The zero-order valence-electron chi connectivity index (χ0n) is 7.04. The maximum absolute atomic E-state index is 12.2. The van der Waals surface area contributed by atoms with Gasteiger partial charge in [0, 0.05) is 10.7 Å². The van der Waals surface area contributed by atoms with E-state index in [4.69, 9.17) is 11.6 Å². The minimum Gasteiger partial charge on any atom is -0.248 e. The number of nitrogens with zero attached hydrogens (tertiary/aromatic N) is 1. The van der Waals surface area contributed by atoms with Crippen LogP contribution in [0.2, 0.25) is 5.02 Å². The van der Waals surface area contributed by atoms with Crippen LogP contribution in [0, 0.1) is 13.8 Å². The highest BCUT2D eigenvalue weighted by Crippen LogP contribution is 2.31. The zero-order valence-corrected chi connectivity index (χ0v) is 7.79. The Kier molecular flexibility index (Phi) is 2.52. The van der Waals surface area contributed by atoms with Gasteiger partial charge in [-0.05, 0) is 25.5 Å². The standard InChI is InChI=1S/C8H7ClF3N/c1-4-5(2)13-7(3-6(4)9)8(10,11)12/h3H,1-2H3. The lowest BCUT2D eigenvalue weighted by atomic mass is 10.2. The number of rotatable bonds is 0. The predicted octanol–water partition coefficient (Wildman–Crippen LogP) is 3.37. The maximum atomic E-state index is 12.2. The Morgan fingerprint density at radius 3 is 2.23 bits per heavy atom. The summed E-state index contributed by atoms with van der Waals surface area (Å²) in [6.45, 7) is 3.13. The van der Waals surface area contributed by atoms with Gasteiger partial charge in [0.05, 0.1) is 0 Å². The number of halogens is 4. The zero-order chi connectivity index (χ0) is 10.2. The Morgan fingerprint density at radius 1 is 1.31 bits per heavy atom. The van der Waals surface area contributed by atoms with Gasteiger partial charge < -0.3 is 0 Å². The van der Waals surface area contributed by atoms with Gasteiger partial charge in [-0.15, -0.1) is 0 Å². The fourth-order valence-corrected chi connectivity index (χ4v) is 1.08. The summed E-state index contributed by atoms with van der Waals surface area (Å²) in [6.07, 6.45) is -4.43. The summed E-state index contributed by atoms with van der Waals surface area (Å²) >= 11 is 5.59. The molecule has 0 aromatic carbocycles. The van der Waals surface area contributed by atoms with Crippen molar-refractivity contribution in [2.24, 2.45) is 0 Å². The Labute approximate surface area is 78.5 Å². The molecule has 1 aromatic rings. The fourth-order valence-electron chi connectivity index (χ4n) is 0.843. The molecule has 0 N–H and O–H groups in total. The highest BCUT2D eigenvalue weighted by atomic mass is 35.5. The molecule has 1 aromatic heterocycles. The second kappa shape index (κ2) is 3.18. The smallest absolute Gasteiger partial charge is 0.248 e. The molecule has 0 saturated heterocycles. The van der Waals surface area contributed by atoms with Crippen molar-refractivity contribution in [1.82, 2.24) is 4.98 Å². The molecule has 0 saturated carbocycles. The average molecular weight is 210 g/mol. The lowest BCUT2D eigenvalue weighted by molar-refractivity contribution is -0.141. The third-order valence-corrected chi connectivity index (χ3v) is 2.14. The molecular weight excluding hydrogens is 203 g/mol. The summed E-state index contributed by atoms with van der Waals surface area (Å²) in [5.41, 5.74) is -0.0601. The van der Waals surface area contributed by atoms with E-state index in [1.165, 1.54) is 6.92 Å². The van der Waals surface area contributed by atoms with E-state index in [0.29, 0.717) is 11.3 Å². The van der Waals surface area contributed by atoms with Gasteiger partial charge in [-0.2, -0.15) is 13.2 Å². The molecule has 0 amide bonds. The van der Waals surface area contributed by atoms with Crippen molar-refractivity contribution >= 4 is 11.6 Å². The molecule has 13 heavy (non-hydrogen) atoms. The molecule has 0 aliphatic rings. The summed E-state index contributed by atoms with van der Waals surface area (Å²) < 4.78 is 36.5. The van der Waals surface area contributed by atoms with Gasteiger partial charge in [-0.1, -0.05) is 11.6 Å². The van der Waals surface area contributed by atoms with Gasteiger partial charge in [-0.3, -0.25) is 0 Å². The lowest BCUT2D eigenvalue weighted by Gasteiger charge is -2.09. The molecule has 1 nitrogen and oxygen atoms in total. The van der Waals surface area contributed by atoms with Crippen molar-refractivity contribution in [3.05, 3.63) is 28.0 Å². The minimum absolute atomic E-state index is 0.0971. The van der Waals surface area contributed by atoms with E-state index in [9.17, 15) is 13.2 Å². The third kappa shape index (κ3) is 2.12. The molecular formula is C8H7ClF3N. The van der Waals surface area contributed by atoms with Crippen LogP contribution in [0.25, 0.3) is 0 Å². The SMILES string of the molecule is Cc1nc(C(F)(F)F)cc(Cl)c1C. The summed E-state index contributed by atoms with van der Waals surface area (Å²) in [7, 11) is 0. The molecule has 0 fully saturated rings. The summed E-state index contributed by atoms with van der Waals surface area (Å²) in [5, 5.41) is 0.0971. The van der Waals surface area contributed by atoms with Crippen LogP contribution < -0.4 is 0 Å². The van der Waals surface area contributed by atoms with E-state index in [0.717, 1.165) is 6.07 Å². The molecule has 1 rings (SSSR count). The van der Waals surface area contributed by atoms with Gasteiger partial charge in [0.2, 0.25) is 0 Å². The second-order valence-electron chi connectivity index (χ2n) is 2.70. The molecule has 0 radical (unpaired) electrons. The Balaban J connectivity index is 3.29. The Morgan fingerprint density at radius 2 is 1.85 bits per heavy atom. The van der Waals surface area contributed by atoms with E-state index < -0.39 is 11.9 Å². The number of aryl methyl sites for hydroxylation is 1. The topological polar surface area (TPSA) is 12.9 Å². The first-order valence-corrected chi connectivity index (χ1v) is 3.91. The highest BCUT2D eigenvalue weighted by molar-refractivity contribution is 6.31. The molecule has 0 aliphatic heterocycles. The van der Waals surface area contributed by atoms with Crippen molar-refractivity contribution in [2.75, 3.05) is 0 Å². The number of hydrogen-bond donors (Lipinski definition) is 0. The van der Waals surface area contributed by atoms with Crippen LogP contribution in [0.1, 0.15) is 17.0 Å². The van der Waals surface area contributed by atoms with E-state index in [-0.39, 0.29) is 5.02 Å². The molecule has 0 aliphatic carbocycles. The van der Waals surface area contributed by atoms with Crippen LogP contribution in [0.15, 0.2) is 6.07 Å². The summed E-state index contributed by atoms with van der Waals surface area (Å²) in [5.74, 6) is 0. The molecule has 0 unspecified atom stereocenters. The minimum atomic E-state index is -4.43. The number of hydrogen-bond acceptors (Lipinski definition) is 1. The predicted molar refractivity (Wildman–Crippen MR) is 43.7 cm³/mol. The summed E-state index contributed by atoms with van der Waals surface area (Å²) in [4.78, 5) is 3.40. The quantitative estimate of drug-likeness (QED) is 0.638. The molecule has 0 spiro atoms. The van der Waals surface area contributed by atoms with E-state index in [2.05, 4.69) is 4.98 Å². The molecule has 0 bridgehead atoms. The molecule has 1 heterocycles. The van der Waals surface area contributed by atoms with Gasteiger partial charge in [0.25, 0.3) is 0 Å². The van der Waals surface area contributed by atoms with E-state index in [1.54, 1.807) is 6.92 Å². The number of pyridine rings is 1. The number of alkyl halides is 3. The fraction of sp³-hybridized carbons (Fsp3) is 0.375. The van der Waals surface area contributed by atoms with Crippen molar-refractivity contribution in [2.45, 2.75) is 20.0 Å². The first-order chi connectivity index (χ1) is 5.82. The Hall–Kier alpha value is -0.770. The first-order valence-electron chi connectivity index (χ1n) is 3.53. The van der Waals surface area contributed by atoms with Crippen molar-refractivity contribution in [1.29, 1.82) is 0 Å². The van der Waals surface area contributed by atoms with Crippen LogP contribution in [-0.2, 0) is 6.18 Å². The van der Waals surface area contributed by atoms with Gasteiger partial charge >= 0.3 is 6.18 Å². The van der Waals surface area contributed by atoms with Crippen LogP contribution in [-0.4, -0.2) is 4.98 Å². The number of aromatic nitrogens is 1. The lowest BCUT2D eigenvalue weighted by Crippen LogP contribution is -2.09.